The van der Waals surface area contributed by atoms with E-state index in [0.29, 0.717) is 24.9 Å². The van der Waals surface area contributed by atoms with E-state index in [1.165, 1.54) is 0 Å². The third-order valence-corrected chi connectivity index (χ3v) is 2.06. The molecule has 92 valence electrons. The summed E-state index contributed by atoms with van der Waals surface area (Å²) in [6.45, 7) is 9.17. The van der Waals surface area contributed by atoms with Crippen LogP contribution in [-0.2, 0) is 11.3 Å². The lowest BCUT2D eigenvalue weighted by Crippen LogP contribution is -2.20. The Morgan fingerprint density at radius 2 is 2.19 bits per heavy atom. The van der Waals surface area contributed by atoms with Crippen molar-refractivity contribution in [2.24, 2.45) is 0 Å². The van der Waals surface area contributed by atoms with Gasteiger partial charge in [0, 0.05) is 12.5 Å². The van der Waals surface area contributed by atoms with Crippen LogP contribution in [0.2, 0.25) is 0 Å². The molecule has 0 radical (unpaired) electrons. The van der Waals surface area contributed by atoms with E-state index >= 15 is 0 Å². The van der Waals surface area contributed by atoms with E-state index in [0.717, 1.165) is 19.5 Å². The van der Waals surface area contributed by atoms with E-state index in [1.807, 2.05) is 13.8 Å². The van der Waals surface area contributed by atoms with Gasteiger partial charge in [-0.1, -0.05) is 25.9 Å². The van der Waals surface area contributed by atoms with Crippen LogP contribution in [0.15, 0.2) is 4.52 Å². The van der Waals surface area contributed by atoms with E-state index in [4.69, 9.17) is 9.26 Å². The summed E-state index contributed by atoms with van der Waals surface area (Å²) in [5.41, 5.74) is 0. The topological polar surface area (TPSA) is 60.2 Å². The highest BCUT2D eigenvalue weighted by Crippen LogP contribution is 2.10. The van der Waals surface area contributed by atoms with Gasteiger partial charge in [-0.3, -0.25) is 0 Å². The Morgan fingerprint density at radius 1 is 1.38 bits per heavy atom. The number of nitrogens with zero attached hydrogens (tertiary/aromatic N) is 2. The lowest BCUT2D eigenvalue weighted by atomic mass is 10.2. The van der Waals surface area contributed by atoms with E-state index < -0.39 is 0 Å². The second-order valence-corrected chi connectivity index (χ2v) is 4.01. The average Bonchev–Trinajstić information content (AvgIpc) is 2.72. The highest BCUT2D eigenvalue weighted by molar-refractivity contribution is 4.89. The quantitative estimate of drug-likeness (QED) is 0.685. The zero-order valence-electron chi connectivity index (χ0n) is 10.3. The zero-order chi connectivity index (χ0) is 11.8. The monoisotopic (exact) mass is 227 g/mol. The summed E-state index contributed by atoms with van der Waals surface area (Å²) in [5, 5.41) is 7.10. The summed E-state index contributed by atoms with van der Waals surface area (Å²) in [6, 6.07) is 0. The van der Waals surface area contributed by atoms with Crippen molar-refractivity contribution in [3.05, 3.63) is 11.7 Å². The van der Waals surface area contributed by atoms with Crippen LogP contribution in [0.1, 0.15) is 44.8 Å². The summed E-state index contributed by atoms with van der Waals surface area (Å²) in [4.78, 5) is 4.22. The fourth-order valence-corrected chi connectivity index (χ4v) is 1.17. The highest BCUT2D eigenvalue weighted by atomic mass is 16.5. The number of hydrogen-bond donors (Lipinski definition) is 1. The maximum atomic E-state index is 5.41. The number of aromatic nitrogens is 2. The smallest absolute Gasteiger partial charge is 0.229 e. The fourth-order valence-electron chi connectivity index (χ4n) is 1.17. The molecule has 0 fully saturated rings. The summed E-state index contributed by atoms with van der Waals surface area (Å²) < 4.78 is 10.5. The van der Waals surface area contributed by atoms with Crippen LogP contribution in [-0.4, -0.2) is 29.8 Å². The Balaban J connectivity index is 2.12. The van der Waals surface area contributed by atoms with Crippen LogP contribution in [0.4, 0.5) is 0 Å². The minimum atomic E-state index is 0.271. The van der Waals surface area contributed by atoms with E-state index in [9.17, 15) is 0 Å². The SMILES string of the molecule is CCCNCCOCc1noc(C(C)C)n1. The van der Waals surface area contributed by atoms with Gasteiger partial charge in [0.25, 0.3) is 0 Å². The number of hydrogen-bond acceptors (Lipinski definition) is 5. The number of rotatable bonds is 8. The molecule has 0 amide bonds. The molecule has 0 aromatic carbocycles. The van der Waals surface area contributed by atoms with E-state index in [1.54, 1.807) is 0 Å². The molecule has 0 unspecified atom stereocenters. The average molecular weight is 227 g/mol. The van der Waals surface area contributed by atoms with Gasteiger partial charge in [-0.2, -0.15) is 4.98 Å². The Morgan fingerprint density at radius 3 is 2.81 bits per heavy atom. The van der Waals surface area contributed by atoms with Gasteiger partial charge in [-0.05, 0) is 13.0 Å². The molecule has 1 N–H and O–H groups in total. The predicted molar refractivity (Wildman–Crippen MR) is 61.2 cm³/mol. The van der Waals surface area contributed by atoms with Crippen molar-refractivity contribution >= 4 is 0 Å². The molecule has 0 atom stereocenters. The van der Waals surface area contributed by atoms with Crippen molar-refractivity contribution in [3.63, 3.8) is 0 Å². The first-order valence-corrected chi connectivity index (χ1v) is 5.85. The molecule has 1 aromatic rings. The molecular formula is C11H21N3O2. The standard InChI is InChI=1S/C11H21N3O2/c1-4-5-12-6-7-15-8-10-13-11(9(2)3)16-14-10/h9,12H,4-8H2,1-3H3. The minimum Gasteiger partial charge on any atom is -0.372 e. The van der Waals surface area contributed by atoms with E-state index in [-0.39, 0.29) is 5.92 Å². The zero-order valence-corrected chi connectivity index (χ0v) is 10.3. The number of ether oxygens (including phenoxy) is 1. The van der Waals surface area contributed by atoms with Crippen molar-refractivity contribution in [1.82, 2.24) is 15.5 Å². The summed E-state index contributed by atoms with van der Waals surface area (Å²) in [6.07, 6.45) is 1.14. The van der Waals surface area contributed by atoms with Crippen LogP contribution in [0.3, 0.4) is 0 Å². The van der Waals surface area contributed by atoms with Crippen molar-refractivity contribution in [1.29, 1.82) is 0 Å². The van der Waals surface area contributed by atoms with Gasteiger partial charge in [-0.15, -0.1) is 0 Å². The van der Waals surface area contributed by atoms with Crippen molar-refractivity contribution < 1.29 is 9.26 Å². The molecule has 0 aliphatic rings. The number of nitrogens with one attached hydrogen (secondary N) is 1. The second kappa shape index (κ2) is 7.35. The van der Waals surface area contributed by atoms with Crippen molar-refractivity contribution in [2.45, 2.75) is 39.7 Å². The normalized spacial score (nSPS) is 11.2. The maximum Gasteiger partial charge on any atom is 0.229 e. The van der Waals surface area contributed by atoms with Crippen LogP contribution in [0.25, 0.3) is 0 Å². The van der Waals surface area contributed by atoms with Gasteiger partial charge in [0.1, 0.15) is 6.61 Å². The Hall–Kier alpha value is -0.940. The third-order valence-electron chi connectivity index (χ3n) is 2.06. The van der Waals surface area contributed by atoms with Crippen LogP contribution in [0.5, 0.6) is 0 Å². The Bertz CT molecular complexity index is 287. The van der Waals surface area contributed by atoms with E-state index in [2.05, 4.69) is 22.4 Å². The van der Waals surface area contributed by atoms with Gasteiger partial charge in [0.15, 0.2) is 5.82 Å². The molecule has 1 aromatic heterocycles. The van der Waals surface area contributed by atoms with Crippen LogP contribution >= 0.6 is 0 Å². The second-order valence-electron chi connectivity index (χ2n) is 4.01. The lowest BCUT2D eigenvalue weighted by Gasteiger charge is -2.02. The molecular weight excluding hydrogens is 206 g/mol. The molecule has 0 aliphatic carbocycles. The predicted octanol–water partition coefficient (Wildman–Crippen LogP) is 1.71. The molecule has 1 heterocycles. The molecule has 16 heavy (non-hydrogen) atoms. The molecule has 0 saturated carbocycles. The van der Waals surface area contributed by atoms with Gasteiger partial charge >= 0.3 is 0 Å². The summed E-state index contributed by atoms with van der Waals surface area (Å²) in [7, 11) is 0. The molecule has 0 bridgehead atoms. The van der Waals surface area contributed by atoms with Gasteiger partial charge in [-0.25, -0.2) is 0 Å². The van der Waals surface area contributed by atoms with Crippen LogP contribution < -0.4 is 5.32 Å². The van der Waals surface area contributed by atoms with Gasteiger partial charge < -0.3 is 14.6 Å². The molecule has 5 heteroatoms. The molecule has 1 rings (SSSR count). The highest BCUT2D eigenvalue weighted by Gasteiger charge is 2.09. The molecule has 0 spiro atoms. The minimum absolute atomic E-state index is 0.271. The Kier molecular flexibility index (Phi) is 6.03. The molecule has 0 aliphatic heterocycles. The van der Waals surface area contributed by atoms with Crippen molar-refractivity contribution in [3.8, 4) is 0 Å². The van der Waals surface area contributed by atoms with Gasteiger partial charge in [0.2, 0.25) is 5.89 Å². The van der Waals surface area contributed by atoms with Crippen molar-refractivity contribution in [2.75, 3.05) is 19.7 Å². The maximum absolute atomic E-state index is 5.41. The third kappa shape index (κ3) is 4.72. The van der Waals surface area contributed by atoms with Gasteiger partial charge in [0.05, 0.1) is 6.61 Å². The first-order valence-electron chi connectivity index (χ1n) is 5.85. The van der Waals surface area contributed by atoms with Crippen LogP contribution in [0, 0.1) is 0 Å². The largest absolute Gasteiger partial charge is 0.372 e. The summed E-state index contributed by atoms with van der Waals surface area (Å²) >= 11 is 0. The molecule has 5 nitrogen and oxygen atoms in total. The first-order chi connectivity index (χ1) is 7.74. The summed E-state index contributed by atoms with van der Waals surface area (Å²) in [5.74, 6) is 1.56. The molecule has 0 saturated heterocycles. The fraction of sp³-hybridized carbons (Fsp3) is 0.818. The first kappa shape index (κ1) is 13.1. The lowest BCUT2D eigenvalue weighted by molar-refractivity contribution is 0.115. The Labute approximate surface area is 96.6 Å².